The van der Waals surface area contributed by atoms with Crippen LogP contribution in [0.25, 0.3) is 0 Å². The molecule has 0 radical (unpaired) electrons. The molecule has 3 atom stereocenters. The van der Waals surface area contributed by atoms with Crippen molar-refractivity contribution < 1.29 is 4.79 Å². The minimum Gasteiger partial charge on any atom is -0.342 e. The van der Waals surface area contributed by atoms with Crippen molar-refractivity contribution in [1.82, 2.24) is 4.90 Å². The lowest BCUT2D eigenvalue weighted by atomic mass is 10.3. The Kier molecular flexibility index (Phi) is 3.48. The number of hydrogen-bond acceptors (Lipinski definition) is 1. The molecule has 0 aromatic rings. The second-order valence-corrected chi connectivity index (χ2v) is 11.8. The third-order valence-electron chi connectivity index (χ3n) is 3.97. The van der Waals surface area contributed by atoms with Gasteiger partial charge in [0.05, 0.1) is 8.07 Å². The molecule has 1 aliphatic heterocycles. The van der Waals surface area contributed by atoms with Crippen LogP contribution in [0.2, 0.25) is 19.6 Å². The zero-order valence-corrected chi connectivity index (χ0v) is 12.6. The van der Waals surface area contributed by atoms with Crippen LogP contribution in [0.1, 0.15) is 19.8 Å². The summed E-state index contributed by atoms with van der Waals surface area (Å²) in [5, 5.41) is 0. The topological polar surface area (TPSA) is 20.3 Å². The fourth-order valence-electron chi connectivity index (χ4n) is 2.73. The van der Waals surface area contributed by atoms with E-state index < -0.39 is 8.07 Å². The highest BCUT2D eigenvalue weighted by Gasteiger charge is 2.51. The Balaban J connectivity index is 1.91. The van der Waals surface area contributed by atoms with Gasteiger partial charge in [0.15, 0.2) is 0 Å². The normalized spacial score (nSPS) is 33.4. The Labute approximate surface area is 106 Å². The minimum absolute atomic E-state index is 0.292. The van der Waals surface area contributed by atoms with E-state index in [1.165, 1.54) is 12.8 Å². The van der Waals surface area contributed by atoms with Gasteiger partial charge in [0.25, 0.3) is 0 Å². The van der Waals surface area contributed by atoms with E-state index in [1.54, 1.807) is 0 Å². The zero-order valence-electron chi connectivity index (χ0n) is 11.6. The summed E-state index contributed by atoms with van der Waals surface area (Å²) in [6.45, 7) is 11.2. The summed E-state index contributed by atoms with van der Waals surface area (Å²) in [6.07, 6.45) is 4.72. The molecule has 1 saturated carbocycles. The largest absolute Gasteiger partial charge is 0.342 e. The summed E-state index contributed by atoms with van der Waals surface area (Å²) in [6, 6.07) is 0. The van der Waals surface area contributed by atoms with Crippen molar-refractivity contribution in [1.29, 1.82) is 0 Å². The zero-order chi connectivity index (χ0) is 12.6. The Bertz CT molecular complexity index is 326. The van der Waals surface area contributed by atoms with Gasteiger partial charge in [0.2, 0.25) is 5.91 Å². The number of amides is 1. The van der Waals surface area contributed by atoms with E-state index in [1.807, 2.05) is 0 Å². The molecular weight excluding hydrogens is 226 g/mol. The highest BCUT2D eigenvalue weighted by Crippen LogP contribution is 2.48. The summed E-state index contributed by atoms with van der Waals surface area (Å²) in [4.78, 5) is 14.3. The van der Waals surface area contributed by atoms with Gasteiger partial charge >= 0.3 is 0 Å². The monoisotopic (exact) mass is 251 g/mol. The minimum atomic E-state index is -1.11. The van der Waals surface area contributed by atoms with E-state index in [9.17, 15) is 4.79 Å². The maximum atomic E-state index is 12.3. The van der Waals surface area contributed by atoms with Crippen LogP contribution in [0.15, 0.2) is 11.8 Å². The van der Waals surface area contributed by atoms with Crippen molar-refractivity contribution in [3.8, 4) is 0 Å². The van der Waals surface area contributed by atoms with Crippen molar-refractivity contribution in [2.45, 2.75) is 39.4 Å². The average molecular weight is 251 g/mol. The molecule has 96 valence electrons. The van der Waals surface area contributed by atoms with Crippen LogP contribution in [0.5, 0.6) is 0 Å². The molecule has 0 spiro atoms. The first-order valence-corrected chi connectivity index (χ1v) is 10.5. The fourth-order valence-corrected chi connectivity index (χ4v) is 3.53. The predicted molar refractivity (Wildman–Crippen MR) is 74.4 cm³/mol. The number of allylic oxidation sites excluding steroid dienone is 1. The summed E-state index contributed by atoms with van der Waals surface area (Å²) >= 11 is 0. The van der Waals surface area contributed by atoms with Gasteiger partial charge in [0.1, 0.15) is 0 Å². The van der Waals surface area contributed by atoms with Crippen molar-refractivity contribution in [3.63, 3.8) is 0 Å². The molecule has 17 heavy (non-hydrogen) atoms. The molecule has 0 aromatic heterocycles. The predicted octanol–water partition coefficient (Wildman–Crippen LogP) is 2.92. The van der Waals surface area contributed by atoms with Crippen molar-refractivity contribution >= 4 is 14.0 Å². The molecule has 0 unspecified atom stereocenters. The molecule has 0 aromatic carbocycles. The van der Waals surface area contributed by atoms with Crippen LogP contribution >= 0.6 is 0 Å². The lowest BCUT2D eigenvalue weighted by Crippen LogP contribution is -2.29. The molecule has 2 fully saturated rings. The smallest absolute Gasteiger partial charge is 0.226 e. The molecule has 3 heteroatoms. The second-order valence-electron chi connectivity index (χ2n) is 6.72. The molecule has 0 bridgehead atoms. The number of carbonyl (C=O) groups is 1. The quantitative estimate of drug-likeness (QED) is 0.706. The SMILES string of the molecule is C[C@H]1[C@@H](/C=C/[Si](C)(C)C)[C@@H]1C(=O)N1CCCC1. The maximum Gasteiger partial charge on any atom is 0.226 e. The highest BCUT2D eigenvalue weighted by molar-refractivity contribution is 6.80. The van der Waals surface area contributed by atoms with Crippen LogP contribution in [-0.2, 0) is 4.79 Å². The van der Waals surface area contributed by atoms with Crippen LogP contribution in [0, 0.1) is 17.8 Å². The van der Waals surface area contributed by atoms with Gasteiger partial charge < -0.3 is 4.90 Å². The number of rotatable bonds is 3. The molecule has 1 heterocycles. The van der Waals surface area contributed by atoms with E-state index in [0.29, 0.717) is 23.7 Å². The molecule has 1 amide bonds. The van der Waals surface area contributed by atoms with Gasteiger partial charge in [0, 0.05) is 19.0 Å². The second kappa shape index (κ2) is 4.60. The molecule has 1 aliphatic carbocycles. The van der Waals surface area contributed by atoms with Gasteiger partial charge in [-0.15, -0.1) is 0 Å². The molecule has 1 saturated heterocycles. The van der Waals surface area contributed by atoms with Gasteiger partial charge in [-0.1, -0.05) is 38.3 Å². The lowest BCUT2D eigenvalue weighted by molar-refractivity contribution is -0.131. The third-order valence-corrected chi connectivity index (χ3v) is 5.16. The summed E-state index contributed by atoms with van der Waals surface area (Å²) in [7, 11) is -1.11. The van der Waals surface area contributed by atoms with Crippen molar-refractivity contribution in [3.05, 3.63) is 11.8 Å². The average Bonchev–Trinajstić information content (AvgIpc) is 2.67. The Morgan fingerprint density at radius 2 is 1.82 bits per heavy atom. The number of carbonyl (C=O) groups excluding carboxylic acids is 1. The van der Waals surface area contributed by atoms with E-state index in [2.05, 4.69) is 43.2 Å². The summed E-state index contributed by atoms with van der Waals surface area (Å²) < 4.78 is 0. The molecule has 2 rings (SSSR count). The van der Waals surface area contributed by atoms with Gasteiger partial charge in [-0.2, -0.15) is 0 Å². The number of hydrogen-bond donors (Lipinski definition) is 0. The molecule has 2 aliphatic rings. The Morgan fingerprint density at radius 3 is 2.35 bits per heavy atom. The molecular formula is C14H25NOSi. The Morgan fingerprint density at radius 1 is 1.24 bits per heavy atom. The molecule has 2 nitrogen and oxygen atoms in total. The van der Waals surface area contributed by atoms with E-state index in [-0.39, 0.29) is 0 Å². The van der Waals surface area contributed by atoms with Gasteiger partial charge in [-0.05, 0) is 24.7 Å². The van der Waals surface area contributed by atoms with Gasteiger partial charge in [-0.25, -0.2) is 0 Å². The first kappa shape index (κ1) is 12.9. The van der Waals surface area contributed by atoms with Crippen LogP contribution < -0.4 is 0 Å². The fraction of sp³-hybridized carbons (Fsp3) is 0.786. The van der Waals surface area contributed by atoms with Crippen LogP contribution in [-0.4, -0.2) is 32.0 Å². The van der Waals surface area contributed by atoms with Gasteiger partial charge in [-0.3, -0.25) is 4.79 Å². The van der Waals surface area contributed by atoms with Crippen molar-refractivity contribution in [2.75, 3.05) is 13.1 Å². The third kappa shape index (κ3) is 3.00. The first-order valence-electron chi connectivity index (χ1n) is 6.88. The van der Waals surface area contributed by atoms with Crippen LogP contribution in [0.4, 0.5) is 0 Å². The van der Waals surface area contributed by atoms with E-state index >= 15 is 0 Å². The summed E-state index contributed by atoms with van der Waals surface area (Å²) in [5.74, 6) is 1.80. The Hall–Kier alpha value is -0.573. The maximum absolute atomic E-state index is 12.3. The lowest BCUT2D eigenvalue weighted by Gasteiger charge is -2.15. The standard InChI is InChI=1S/C14H25NOSi/c1-11-12(7-10-17(2,3)4)13(11)14(16)15-8-5-6-9-15/h7,10-13H,5-6,8-9H2,1-4H3/b10-7+/t11-,12+,13+/m0/s1. The summed E-state index contributed by atoms with van der Waals surface area (Å²) in [5.41, 5.74) is 2.39. The number of likely N-dealkylation sites (tertiary alicyclic amines) is 1. The molecule has 0 N–H and O–H groups in total. The number of nitrogens with zero attached hydrogens (tertiary/aromatic N) is 1. The van der Waals surface area contributed by atoms with Crippen LogP contribution in [0.3, 0.4) is 0 Å². The first-order chi connectivity index (χ1) is 7.90. The van der Waals surface area contributed by atoms with Crippen molar-refractivity contribution in [2.24, 2.45) is 17.8 Å². The van der Waals surface area contributed by atoms with E-state index in [4.69, 9.17) is 0 Å². The van der Waals surface area contributed by atoms with E-state index in [0.717, 1.165) is 13.1 Å². The highest BCUT2D eigenvalue weighted by atomic mass is 28.3.